The molecule has 1 aliphatic heterocycles. The molecule has 0 bridgehead atoms. The number of rotatable bonds is 5. The third kappa shape index (κ3) is 4.42. The van der Waals surface area contributed by atoms with E-state index in [0.717, 1.165) is 12.1 Å². The van der Waals surface area contributed by atoms with Gasteiger partial charge in [-0.05, 0) is 31.2 Å². The number of alkyl halides is 3. The number of carbonyl (C=O) groups excluding carboxylic acids is 2. The van der Waals surface area contributed by atoms with E-state index in [0.29, 0.717) is 17.6 Å². The average molecular weight is 426 g/mol. The smallest absolute Gasteiger partial charge is 0.418 e. The molecule has 0 saturated heterocycles. The lowest BCUT2D eigenvalue weighted by molar-refractivity contribution is -0.385. The summed E-state index contributed by atoms with van der Waals surface area (Å²) in [6, 6.07) is 6.06. The quantitative estimate of drug-likeness (QED) is 0.442. The summed E-state index contributed by atoms with van der Waals surface area (Å²) in [7, 11) is 0. The number of nitrogens with zero attached hydrogens (tertiary/aromatic N) is 1. The van der Waals surface area contributed by atoms with Crippen molar-refractivity contribution in [3.63, 3.8) is 0 Å². The van der Waals surface area contributed by atoms with E-state index in [-0.39, 0.29) is 12.4 Å². The van der Waals surface area contributed by atoms with Gasteiger partial charge in [0.15, 0.2) is 17.6 Å². The number of nitro benzene ring substituents is 1. The van der Waals surface area contributed by atoms with Crippen LogP contribution < -0.4 is 14.8 Å². The number of nitrogens with one attached hydrogen (secondary N) is 1. The summed E-state index contributed by atoms with van der Waals surface area (Å²) in [6.07, 6.45) is -6.42. The van der Waals surface area contributed by atoms with Gasteiger partial charge in [0.1, 0.15) is 0 Å². The molecule has 0 fully saturated rings. The maximum Gasteiger partial charge on any atom is 0.418 e. The Balaban J connectivity index is 1.72. The molecule has 12 heteroatoms. The van der Waals surface area contributed by atoms with Crippen LogP contribution in [0, 0.1) is 10.1 Å². The first kappa shape index (κ1) is 20.9. The van der Waals surface area contributed by atoms with Crippen LogP contribution in [-0.4, -0.2) is 29.7 Å². The molecule has 0 unspecified atom stereocenters. The van der Waals surface area contributed by atoms with E-state index in [9.17, 15) is 32.9 Å². The number of carbonyl (C=O) groups is 2. The van der Waals surface area contributed by atoms with Gasteiger partial charge in [0.2, 0.25) is 6.79 Å². The SMILES string of the molecule is C[C@H](OC(=O)c1ccc2c(c1)OCO2)C(=O)Nc1ccc([N+](=O)[O-])cc1C(F)(F)F. The lowest BCUT2D eigenvalue weighted by Gasteiger charge is -2.17. The van der Waals surface area contributed by atoms with E-state index in [1.807, 2.05) is 5.32 Å². The summed E-state index contributed by atoms with van der Waals surface area (Å²) < 4.78 is 54.8. The lowest BCUT2D eigenvalue weighted by atomic mass is 10.1. The number of amides is 1. The molecule has 0 aromatic heterocycles. The van der Waals surface area contributed by atoms with Crippen LogP contribution in [0.15, 0.2) is 36.4 Å². The second-order valence-corrected chi connectivity index (χ2v) is 6.09. The summed E-state index contributed by atoms with van der Waals surface area (Å²) in [5, 5.41) is 12.7. The summed E-state index contributed by atoms with van der Waals surface area (Å²) in [6.45, 7) is 1.16. The normalized spacial score (nSPS) is 13.5. The topological polar surface area (TPSA) is 117 Å². The third-order valence-corrected chi connectivity index (χ3v) is 4.04. The molecule has 2 aromatic rings. The van der Waals surface area contributed by atoms with E-state index in [1.165, 1.54) is 25.1 Å². The summed E-state index contributed by atoms with van der Waals surface area (Å²) in [4.78, 5) is 34.2. The first-order valence-electron chi connectivity index (χ1n) is 8.33. The summed E-state index contributed by atoms with van der Waals surface area (Å²) in [5.41, 5.74) is -2.85. The van der Waals surface area contributed by atoms with Gasteiger partial charge in [-0.15, -0.1) is 0 Å². The highest BCUT2D eigenvalue weighted by molar-refractivity contribution is 5.98. The van der Waals surface area contributed by atoms with E-state index < -0.39 is 46.0 Å². The Morgan fingerprint density at radius 2 is 1.87 bits per heavy atom. The van der Waals surface area contributed by atoms with Crippen LogP contribution in [-0.2, 0) is 15.7 Å². The van der Waals surface area contributed by atoms with E-state index in [1.54, 1.807) is 0 Å². The Bertz CT molecular complexity index is 1020. The van der Waals surface area contributed by atoms with Gasteiger partial charge in [0.05, 0.1) is 21.7 Å². The number of halogens is 3. The molecule has 158 valence electrons. The number of ether oxygens (including phenoxy) is 3. The fraction of sp³-hybridized carbons (Fsp3) is 0.222. The first-order chi connectivity index (χ1) is 14.1. The molecular formula is C18H13F3N2O7. The maximum absolute atomic E-state index is 13.2. The van der Waals surface area contributed by atoms with Gasteiger partial charge in [0.25, 0.3) is 11.6 Å². The van der Waals surface area contributed by atoms with Gasteiger partial charge >= 0.3 is 12.1 Å². The number of hydrogen-bond acceptors (Lipinski definition) is 7. The van der Waals surface area contributed by atoms with Gasteiger partial charge in [0, 0.05) is 12.1 Å². The Hall–Kier alpha value is -3.83. The highest BCUT2D eigenvalue weighted by Crippen LogP contribution is 2.37. The standard InChI is InChI=1S/C18H13F3N2O7/c1-9(30-17(25)10-2-5-14-15(6-10)29-8-28-14)16(24)22-13-4-3-11(23(26)27)7-12(13)18(19,20)21/h2-7,9H,8H2,1H3,(H,22,24)/t9-/m0/s1. The van der Waals surface area contributed by atoms with E-state index >= 15 is 0 Å². The summed E-state index contributed by atoms with van der Waals surface area (Å²) in [5.74, 6) is -1.23. The van der Waals surface area contributed by atoms with Crippen molar-refractivity contribution in [3.05, 3.63) is 57.6 Å². The Morgan fingerprint density at radius 1 is 1.17 bits per heavy atom. The number of benzene rings is 2. The minimum absolute atomic E-state index is 0.0105. The lowest BCUT2D eigenvalue weighted by Crippen LogP contribution is -2.30. The van der Waals surface area contributed by atoms with Crippen molar-refractivity contribution >= 4 is 23.3 Å². The van der Waals surface area contributed by atoms with Crippen LogP contribution in [0.1, 0.15) is 22.8 Å². The number of anilines is 1. The van der Waals surface area contributed by atoms with Crippen LogP contribution in [0.25, 0.3) is 0 Å². The average Bonchev–Trinajstić information content (AvgIpc) is 3.14. The van der Waals surface area contributed by atoms with Gasteiger partial charge in [-0.2, -0.15) is 13.2 Å². The number of nitro groups is 1. The summed E-state index contributed by atoms with van der Waals surface area (Å²) >= 11 is 0. The van der Waals surface area contributed by atoms with Crippen LogP contribution in [0.5, 0.6) is 11.5 Å². The van der Waals surface area contributed by atoms with Crippen LogP contribution in [0.2, 0.25) is 0 Å². The Labute approximate surface area is 166 Å². The third-order valence-electron chi connectivity index (χ3n) is 4.04. The van der Waals surface area contributed by atoms with Gasteiger partial charge in [-0.25, -0.2) is 4.79 Å². The van der Waals surface area contributed by atoms with E-state index in [2.05, 4.69) is 0 Å². The molecule has 0 saturated carbocycles. The van der Waals surface area contributed by atoms with Crippen LogP contribution >= 0.6 is 0 Å². The predicted molar refractivity (Wildman–Crippen MR) is 94.2 cm³/mol. The zero-order chi connectivity index (χ0) is 22.1. The second kappa shape index (κ2) is 7.89. The molecule has 0 radical (unpaired) electrons. The molecule has 1 amide bonds. The maximum atomic E-state index is 13.2. The Kier molecular flexibility index (Phi) is 5.49. The number of non-ortho nitro benzene ring substituents is 1. The highest BCUT2D eigenvalue weighted by atomic mass is 19.4. The molecule has 1 aliphatic rings. The van der Waals surface area contributed by atoms with Crippen molar-refractivity contribution in [2.24, 2.45) is 0 Å². The minimum atomic E-state index is -4.96. The van der Waals surface area contributed by atoms with Gasteiger partial charge < -0.3 is 19.5 Å². The second-order valence-electron chi connectivity index (χ2n) is 6.09. The Morgan fingerprint density at radius 3 is 2.53 bits per heavy atom. The molecule has 0 spiro atoms. The van der Waals surface area contributed by atoms with Crippen molar-refractivity contribution in [3.8, 4) is 11.5 Å². The van der Waals surface area contributed by atoms with Crippen molar-refractivity contribution in [2.45, 2.75) is 19.2 Å². The number of hydrogen-bond donors (Lipinski definition) is 1. The number of fused-ring (bicyclic) bond motifs is 1. The molecule has 9 nitrogen and oxygen atoms in total. The van der Waals surface area contributed by atoms with Crippen molar-refractivity contribution in [1.82, 2.24) is 0 Å². The molecule has 0 aliphatic carbocycles. The fourth-order valence-corrected chi connectivity index (χ4v) is 2.53. The molecule has 1 heterocycles. The zero-order valence-corrected chi connectivity index (χ0v) is 15.2. The minimum Gasteiger partial charge on any atom is -0.454 e. The highest BCUT2D eigenvalue weighted by Gasteiger charge is 2.36. The fourth-order valence-electron chi connectivity index (χ4n) is 2.53. The number of esters is 1. The largest absolute Gasteiger partial charge is 0.454 e. The van der Waals surface area contributed by atoms with Gasteiger partial charge in [-0.3, -0.25) is 14.9 Å². The predicted octanol–water partition coefficient (Wildman–Crippen LogP) is 3.53. The monoisotopic (exact) mass is 426 g/mol. The van der Waals surface area contributed by atoms with E-state index in [4.69, 9.17) is 14.2 Å². The van der Waals surface area contributed by atoms with Crippen molar-refractivity contribution in [1.29, 1.82) is 0 Å². The zero-order valence-electron chi connectivity index (χ0n) is 15.2. The van der Waals surface area contributed by atoms with Gasteiger partial charge in [-0.1, -0.05) is 0 Å². The molecule has 1 N–H and O–H groups in total. The van der Waals surface area contributed by atoms with Crippen LogP contribution in [0.4, 0.5) is 24.5 Å². The van der Waals surface area contributed by atoms with Crippen molar-refractivity contribution < 1.29 is 41.9 Å². The molecule has 30 heavy (non-hydrogen) atoms. The van der Waals surface area contributed by atoms with Crippen molar-refractivity contribution in [2.75, 3.05) is 12.1 Å². The first-order valence-corrected chi connectivity index (χ1v) is 8.33. The molecule has 1 atom stereocenters. The van der Waals surface area contributed by atoms with Crippen LogP contribution in [0.3, 0.4) is 0 Å². The molecule has 3 rings (SSSR count). The molecule has 2 aromatic carbocycles. The molecular weight excluding hydrogens is 413 g/mol.